The largest absolute Gasteiger partial charge is 0.369 e. The fraction of sp³-hybridized carbons (Fsp3) is 0.462. The molecule has 0 saturated carbocycles. The molecule has 1 heterocycles. The zero-order valence-corrected chi connectivity index (χ0v) is 12.3. The van der Waals surface area contributed by atoms with Gasteiger partial charge in [0.25, 0.3) is 0 Å². The van der Waals surface area contributed by atoms with Gasteiger partial charge in [-0.05, 0) is 24.5 Å². The van der Waals surface area contributed by atoms with Gasteiger partial charge in [0.2, 0.25) is 5.95 Å². The van der Waals surface area contributed by atoms with Gasteiger partial charge >= 0.3 is 0 Å². The second-order valence-electron chi connectivity index (χ2n) is 4.81. The van der Waals surface area contributed by atoms with E-state index in [1.165, 1.54) is 0 Å². The van der Waals surface area contributed by atoms with E-state index in [-0.39, 0.29) is 0 Å². The van der Waals surface area contributed by atoms with Crippen molar-refractivity contribution in [1.82, 2.24) is 9.55 Å². The van der Waals surface area contributed by atoms with Crippen LogP contribution in [0.2, 0.25) is 10.0 Å². The fourth-order valence-corrected chi connectivity index (χ4v) is 2.73. The first kappa shape index (κ1) is 13.5. The maximum atomic E-state index is 6.08. The summed E-state index contributed by atoms with van der Waals surface area (Å²) in [7, 11) is 0. The third-order valence-electron chi connectivity index (χ3n) is 3.28. The topological polar surface area (TPSA) is 43.8 Å². The molecule has 0 aliphatic heterocycles. The smallest absolute Gasteiger partial charge is 0.201 e. The van der Waals surface area contributed by atoms with E-state index >= 15 is 0 Å². The molecule has 2 aromatic rings. The van der Waals surface area contributed by atoms with E-state index in [2.05, 4.69) is 30.3 Å². The Balaban J connectivity index is 2.70. The summed E-state index contributed by atoms with van der Waals surface area (Å²) in [4.78, 5) is 4.36. The fourth-order valence-electron chi connectivity index (χ4n) is 2.41. The zero-order chi connectivity index (χ0) is 13.4. The molecular weight excluding hydrogens is 269 g/mol. The van der Waals surface area contributed by atoms with Crippen LogP contribution in [-0.2, 0) is 0 Å². The summed E-state index contributed by atoms with van der Waals surface area (Å²) < 4.78 is 2.06. The molecule has 0 saturated heterocycles. The Hall–Kier alpha value is -0.930. The molecule has 0 aliphatic rings. The van der Waals surface area contributed by atoms with Crippen molar-refractivity contribution >= 4 is 40.2 Å². The van der Waals surface area contributed by atoms with Crippen LogP contribution in [-0.4, -0.2) is 9.55 Å². The molecule has 0 amide bonds. The summed E-state index contributed by atoms with van der Waals surface area (Å²) in [6, 6.07) is 3.92. The van der Waals surface area contributed by atoms with Crippen molar-refractivity contribution in [2.45, 2.75) is 33.2 Å². The molecular formula is C13H17Cl2N3. The van der Waals surface area contributed by atoms with Gasteiger partial charge in [0.15, 0.2) is 0 Å². The number of nitrogens with two attached hydrogens (primary N) is 1. The molecule has 5 heteroatoms. The number of hydrogen-bond donors (Lipinski definition) is 1. The van der Waals surface area contributed by atoms with Gasteiger partial charge in [-0.15, -0.1) is 0 Å². The molecule has 2 N–H and O–H groups in total. The number of nitrogens with zero attached hydrogens (tertiary/aromatic N) is 2. The van der Waals surface area contributed by atoms with Crippen LogP contribution in [0.5, 0.6) is 0 Å². The number of imidazole rings is 1. The van der Waals surface area contributed by atoms with Gasteiger partial charge in [-0.25, -0.2) is 4.98 Å². The van der Waals surface area contributed by atoms with Crippen molar-refractivity contribution in [3.63, 3.8) is 0 Å². The second-order valence-corrected chi connectivity index (χ2v) is 5.63. The first-order valence-corrected chi connectivity index (χ1v) is 6.83. The van der Waals surface area contributed by atoms with E-state index < -0.39 is 0 Å². The van der Waals surface area contributed by atoms with Crippen molar-refractivity contribution in [3.8, 4) is 0 Å². The molecule has 0 radical (unpaired) electrons. The lowest BCUT2D eigenvalue weighted by molar-refractivity contribution is 0.377. The molecule has 1 aromatic carbocycles. The summed E-state index contributed by atoms with van der Waals surface area (Å²) in [5, 5.41) is 1.04. The number of anilines is 1. The van der Waals surface area contributed by atoms with Crippen LogP contribution in [0.25, 0.3) is 11.0 Å². The van der Waals surface area contributed by atoms with E-state index in [1.54, 1.807) is 6.07 Å². The maximum Gasteiger partial charge on any atom is 0.201 e. The summed E-state index contributed by atoms with van der Waals surface area (Å²) in [5.41, 5.74) is 7.77. The number of aromatic nitrogens is 2. The van der Waals surface area contributed by atoms with Crippen molar-refractivity contribution in [3.05, 3.63) is 22.2 Å². The lowest BCUT2D eigenvalue weighted by Gasteiger charge is -2.22. The molecule has 1 unspecified atom stereocenters. The first-order valence-electron chi connectivity index (χ1n) is 6.08. The minimum Gasteiger partial charge on any atom is -0.369 e. The summed E-state index contributed by atoms with van der Waals surface area (Å²) in [6.45, 7) is 6.50. The normalized spacial score (nSPS) is 13.4. The Kier molecular flexibility index (Phi) is 3.74. The monoisotopic (exact) mass is 285 g/mol. The Labute approximate surface area is 117 Å². The van der Waals surface area contributed by atoms with Crippen LogP contribution >= 0.6 is 23.2 Å². The Morgan fingerprint density at radius 1 is 1.28 bits per heavy atom. The molecule has 98 valence electrons. The summed E-state index contributed by atoms with van der Waals surface area (Å²) in [6.07, 6.45) is 0.994. The standard InChI is InChI=1S/C13H17Cl2N3/c1-4-11(7(2)3)18-12-6-9(15)8(14)5-10(12)17-13(18)16/h5-7,11H,4H2,1-3H3,(H2,16,17). The van der Waals surface area contributed by atoms with Gasteiger partial charge in [0, 0.05) is 6.04 Å². The highest BCUT2D eigenvalue weighted by molar-refractivity contribution is 6.42. The van der Waals surface area contributed by atoms with Gasteiger partial charge in [0.05, 0.1) is 21.1 Å². The number of benzene rings is 1. The van der Waals surface area contributed by atoms with Crippen molar-refractivity contribution in [2.24, 2.45) is 5.92 Å². The number of fused-ring (bicyclic) bond motifs is 1. The van der Waals surface area contributed by atoms with Crippen molar-refractivity contribution in [2.75, 3.05) is 5.73 Å². The van der Waals surface area contributed by atoms with E-state index in [0.29, 0.717) is 28.0 Å². The third-order valence-corrected chi connectivity index (χ3v) is 4.00. The van der Waals surface area contributed by atoms with E-state index in [9.17, 15) is 0 Å². The van der Waals surface area contributed by atoms with Crippen LogP contribution < -0.4 is 5.73 Å². The Bertz CT molecular complexity index is 575. The molecule has 1 atom stereocenters. The molecule has 0 fully saturated rings. The van der Waals surface area contributed by atoms with Gasteiger partial charge in [-0.2, -0.15) is 0 Å². The molecule has 2 rings (SSSR count). The predicted octanol–water partition coefficient (Wildman–Crippen LogP) is 4.53. The lowest BCUT2D eigenvalue weighted by Crippen LogP contribution is -2.16. The summed E-state index contributed by atoms with van der Waals surface area (Å²) >= 11 is 12.1. The number of rotatable bonds is 3. The van der Waals surface area contributed by atoms with Gasteiger partial charge in [-0.3, -0.25) is 0 Å². The minimum absolute atomic E-state index is 0.312. The average Bonchev–Trinajstić information content (AvgIpc) is 2.57. The van der Waals surface area contributed by atoms with Gasteiger partial charge in [0.1, 0.15) is 0 Å². The molecule has 0 aliphatic carbocycles. The quantitative estimate of drug-likeness (QED) is 0.900. The van der Waals surface area contributed by atoms with Gasteiger partial charge < -0.3 is 10.3 Å². The molecule has 0 bridgehead atoms. The van der Waals surface area contributed by atoms with Crippen LogP contribution in [0.15, 0.2) is 12.1 Å². The van der Waals surface area contributed by atoms with E-state index in [4.69, 9.17) is 28.9 Å². The average molecular weight is 286 g/mol. The number of nitrogen functional groups attached to an aromatic ring is 1. The second kappa shape index (κ2) is 4.98. The van der Waals surface area contributed by atoms with Crippen molar-refractivity contribution in [1.29, 1.82) is 0 Å². The van der Waals surface area contributed by atoms with E-state index in [0.717, 1.165) is 17.5 Å². The van der Waals surface area contributed by atoms with Crippen LogP contribution in [0.3, 0.4) is 0 Å². The Morgan fingerprint density at radius 3 is 2.44 bits per heavy atom. The highest BCUT2D eigenvalue weighted by Gasteiger charge is 2.20. The zero-order valence-electron chi connectivity index (χ0n) is 10.7. The first-order chi connectivity index (χ1) is 8.45. The number of halogens is 2. The van der Waals surface area contributed by atoms with E-state index in [1.807, 2.05) is 6.07 Å². The molecule has 0 spiro atoms. The minimum atomic E-state index is 0.312. The molecule has 18 heavy (non-hydrogen) atoms. The Morgan fingerprint density at radius 2 is 1.89 bits per heavy atom. The third kappa shape index (κ3) is 2.17. The number of hydrogen-bond acceptors (Lipinski definition) is 2. The molecule has 3 nitrogen and oxygen atoms in total. The predicted molar refractivity (Wildman–Crippen MR) is 78.3 cm³/mol. The lowest BCUT2D eigenvalue weighted by atomic mass is 10.0. The van der Waals surface area contributed by atoms with Crippen LogP contribution in [0, 0.1) is 5.92 Å². The highest BCUT2D eigenvalue weighted by atomic mass is 35.5. The van der Waals surface area contributed by atoms with Gasteiger partial charge in [-0.1, -0.05) is 44.0 Å². The van der Waals surface area contributed by atoms with Crippen LogP contribution in [0.4, 0.5) is 5.95 Å². The summed E-state index contributed by atoms with van der Waals surface area (Å²) in [5.74, 6) is 0.994. The maximum absolute atomic E-state index is 6.08. The van der Waals surface area contributed by atoms with Crippen LogP contribution in [0.1, 0.15) is 33.2 Å². The molecule has 1 aromatic heterocycles. The highest BCUT2D eigenvalue weighted by Crippen LogP contribution is 2.33. The SMILES string of the molecule is CCC(C(C)C)n1c(N)nc2cc(Cl)c(Cl)cc21. The van der Waals surface area contributed by atoms with Crippen molar-refractivity contribution < 1.29 is 0 Å².